The van der Waals surface area contributed by atoms with Crippen molar-refractivity contribution in [2.24, 2.45) is 5.41 Å². The predicted molar refractivity (Wildman–Crippen MR) is 124 cm³/mol. The second kappa shape index (κ2) is 9.05. The Hall–Kier alpha value is -3.31. The lowest BCUT2D eigenvalue weighted by atomic mass is 9.74. The summed E-state index contributed by atoms with van der Waals surface area (Å²) in [5.41, 5.74) is 2.17. The van der Waals surface area contributed by atoms with E-state index in [1.54, 1.807) is 31.5 Å². The zero-order valence-corrected chi connectivity index (χ0v) is 18.6. The topological polar surface area (TPSA) is 42.4 Å². The lowest BCUT2D eigenvalue weighted by Gasteiger charge is -2.44. The highest BCUT2D eigenvalue weighted by Crippen LogP contribution is 2.43. The number of halogens is 1. The third-order valence-corrected chi connectivity index (χ3v) is 5.87. The van der Waals surface area contributed by atoms with Crippen molar-refractivity contribution < 1.29 is 13.9 Å². The Bertz CT molecular complexity index is 1120. The maximum atomic E-state index is 15.0. The monoisotopic (exact) mass is 430 g/mol. The lowest BCUT2D eigenvalue weighted by Crippen LogP contribution is -2.49. The molecule has 1 atom stereocenters. The predicted octanol–water partition coefficient (Wildman–Crippen LogP) is 5.47. The van der Waals surface area contributed by atoms with E-state index in [4.69, 9.17) is 4.74 Å². The number of carbonyl (C=O) groups is 1. The molecule has 0 radical (unpaired) electrons. The summed E-state index contributed by atoms with van der Waals surface area (Å²) in [7, 11) is 1.64. The maximum absolute atomic E-state index is 15.0. The molecule has 1 aliphatic rings. The quantitative estimate of drug-likeness (QED) is 0.504. The fourth-order valence-electron chi connectivity index (χ4n) is 4.32. The maximum Gasteiger partial charge on any atom is 0.167 e. The van der Waals surface area contributed by atoms with E-state index in [1.165, 1.54) is 6.07 Å². The molecule has 0 saturated carbocycles. The molecule has 0 aliphatic carbocycles. The van der Waals surface area contributed by atoms with E-state index in [9.17, 15) is 4.79 Å². The minimum Gasteiger partial charge on any atom is -0.497 e. The first-order chi connectivity index (χ1) is 15.4. The highest BCUT2D eigenvalue weighted by molar-refractivity contribution is 6.05. The normalized spacial score (nSPS) is 19.8. The summed E-state index contributed by atoms with van der Waals surface area (Å²) in [5.74, 6) is 0.475. The number of ether oxygens (including phenoxy) is 1. The molecular formula is C27H27FN2O2. The number of aromatic nitrogens is 1. The second-order valence-corrected chi connectivity index (χ2v) is 8.74. The number of ketones is 1. The molecule has 1 aliphatic heterocycles. The average Bonchev–Trinajstić information content (AvgIpc) is 2.79. The van der Waals surface area contributed by atoms with Crippen LogP contribution in [0.25, 0.3) is 6.08 Å². The molecule has 164 valence electrons. The number of Topliss-reactive ketones (excluding diaryl/α,β-unsaturated/α-hetero) is 1. The van der Waals surface area contributed by atoms with Crippen molar-refractivity contribution in [1.29, 1.82) is 0 Å². The number of carbonyl (C=O) groups excluding carboxylic acids is 1. The first-order valence-corrected chi connectivity index (χ1v) is 10.7. The van der Waals surface area contributed by atoms with Crippen LogP contribution < -0.4 is 4.74 Å². The Morgan fingerprint density at radius 1 is 1.09 bits per heavy atom. The second-order valence-electron chi connectivity index (χ2n) is 8.74. The molecule has 0 amide bonds. The fraction of sp³-hybridized carbons (Fsp3) is 0.259. The van der Waals surface area contributed by atoms with Gasteiger partial charge < -0.3 is 4.74 Å². The summed E-state index contributed by atoms with van der Waals surface area (Å²) in [4.78, 5) is 20.1. The van der Waals surface area contributed by atoms with E-state index >= 15 is 4.39 Å². The average molecular weight is 431 g/mol. The number of piperidine rings is 1. The van der Waals surface area contributed by atoms with Crippen LogP contribution in [0.1, 0.15) is 36.7 Å². The lowest BCUT2D eigenvalue weighted by molar-refractivity contribution is -0.128. The number of nitrogens with zero attached hydrogens (tertiary/aromatic N) is 2. The Morgan fingerprint density at radius 3 is 2.47 bits per heavy atom. The van der Waals surface area contributed by atoms with Crippen molar-refractivity contribution in [3.05, 3.63) is 101 Å². The molecule has 3 aromatic rings. The number of likely N-dealkylation sites (tertiary alicyclic amines) is 1. The van der Waals surface area contributed by atoms with Gasteiger partial charge in [0.15, 0.2) is 5.78 Å². The molecule has 2 heterocycles. The number of hydrogen-bond donors (Lipinski definition) is 0. The molecule has 1 fully saturated rings. The SMILES string of the molecule is COc1ccc(CN2CC(C)(C)C(=O)C(=Cc3ccccn3)C2c2ccccc2F)cc1. The molecule has 2 aromatic carbocycles. The zero-order chi connectivity index (χ0) is 22.7. The van der Waals surface area contributed by atoms with Crippen LogP contribution in [-0.2, 0) is 11.3 Å². The van der Waals surface area contributed by atoms with Gasteiger partial charge in [-0.1, -0.05) is 50.2 Å². The van der Waals surface area contributed by atoms with Gasteiger partial charge in [-0.15, -0.1) is 0 Å². The summed E-state index contributed by atoms with van der Waals surface area (Å²) in [6.45, 7) is 4.97. The molecule has 0 spiro atoms. The van der Waals surface area contributed by atoms with E-state index in [-0.39, 0.29) is 11.6 Å². The van der Waals surface area contributed by atoms with Gasteiger partial charge in [0.1, 0.15) is 11.6 Å². The molecule has 4 rings (SSSR count). The van der Waals surface area contributed by atoms with Gasteiger partial charge in [-0.05, 0) is 42.0 Å². The van der Waals surface area contributed by atoms with Gasteiger partial charge in [0.05, 0.1) is 18.8 Å². The van der Waals surface area contributed by atoms with Gasteiger partial charge in [0, 0.05) is 35.8 Å². The van der Waals surface area contributed by atoms with E-state index in [1.807, 2.05) is 62.4 Å². The summed E-state index contributed by atoms with van der Waals surface area (Å²) in [6.07, 6.45) is 3.50. The summed E-state index contributed by atoms with van der Waals surface area (Å²) < 4.78 is 20.3. The summed E-state index contributed by atoms with van der Waals surface area (Å²) in [5, 5.41) is 0. The summed E-state index contributed by atoms with van der Waals surface area (Å²) >= 11 is 0. The standard InChI is InChI=1S/C27H27FN2O2/c1-27(2)18-30(17-19-11-13-21(32-3)14-12-19)25(22-9-4-5-10-24(22)28)23(26(27)31)16-20-8-6-7-15-29-20/h4-16,25H,17-18H2,1-3H3. The van der Waals surface area contributed by atoms with Crippen molar-refractivity contribution in [3.63, 3.8) is 0 Å². The number of hydrogen-bond acceptors (Lipinski definition) is 4. The van der Waals surface area contributed by atoms with Crippen molar-refractivity contribution in [2.75, 3.05) is 13.7 Å². The van der Waals surface area contributed by atoms with Crippen LogP contribution in [0.15, 0.2) is 78.5 Å². The van der Waals surface area contributed by atoms with E-state index in [0.717, 1.165) is 11.3 Å². The number of benzene rings is 2. The Kier molecular flexibility index (Phi) is 6.19. The molecular weight excluding hydrogens is 403 g/mol. The van der Waals surface area contributed by atoms with Crippen molar-refractivity contribution in [3.8, 4) is 5.75 Å². The molecule has 1 saturated heterocycles. The van der Waals surface area contributed by atoms with Gasteiger partial charge in [-0.2, -0.15) is 0 Å². The van der Waals surface area contributed by atoms with Crippen molar-refractivity contribution >= 4 is 11.9 Å². The van der Waals surface area contributed by atoms with Crippen LogP contribution in [-0.4, -0.2) is 29.3 Å². The minimum atomic E-state index is -0.616. The van der Waals surface area contributed by atoms with Crippen molar-refractivity contribution in [2.45, 2.75) is 26.4 Å². The first kappa shape index (κ1) is 21.9. The van der Waals surface area contributed by atoms with Gasteiger partial charge in [0.2, 0.25) is 0 Å². The van der Waals surface area contributed by atoms with Crippen LogP contribution in [0.5, 0.6) is 5.75 Å². The summed E-state index contributed by atoms with van der Waals surface area (Å²) in [6, 6.07) is 19.6. The van der Waals surface area contributed by atoms with Gasteiger partial charge >= 0.3 is 0 Å². The molecule has 4 nitrogen and oxygen atoms in total. The van der Waals surface area contributed by atoms with E-state index < -0.39 is 11.5 Å². The molecule has 5 heteroatoms. The van der Waals surface area contributed by atoms with Crippen LogP contribution in [0.3, 0.4) is 0 Å². The number of methoxy groups -OCH3 is 1. The smallest absolute Gasteiger partial charge is 0.167 e. The van der Waals surface area contributed by atoms with E-state index in [0.29, 0.717) is 29.9 Å². The first-order valence-electron chi connectivity index (χ1n) is 10.7. The number of pyridine rings is 1. The zero-order valence-electron chi connectivity index (χ0n) is 18.6. The molecule has 0 N–H and O–H groups in total. The third kappa shape index (κ3) is 4.48. The van der Waals surface area contributed by atoms with Crippen LogP contribution in [0.4, 0.5) is 4.39 Å². The largest absolute Gasteiger partial charge is 0.497 e. The molecule has 1 unspecified atom stereocenters. The van der Waals surface area contributed by atoms with Crippen LogP contribution in [0.2, 0.25) is 0 Å². The van der Waals surface area contributed by atoms with Gasteiger partial charge in [-0.3, -0.25) is 14.7 Å². The Labute approximate surface area is 188 Å². The number of rotatable bonds is 5. The van der Waals surface area contributed by atoms with Crippen LogP contribution in [0, 0.1) is 11.2 Å². The van der Waals surface area contributed by atoms with Crippen molar-refractivity contribution in [1.82, 2.24) is 9.88 Å². The molecule has 0 bridgehead atoms. The van der Waals surface area contributed by atoms with Crippen LogP contribution >= 0.6 is 0 Å². The molecule has 32 heavy (non-hydrogen) atoms. The Balaban J connectivity index is 1.83. The highest BCUT2D eigenvalue weighted by atomic mass is 19.1. The third-order valence-electron chi connectivity index (χ3n) is 5.87. The fourth-order valence-corrected chi connectivity index (χ4v) is 4.32. The van der Waals surface area contributed by atoms with Gasteiger partial charge in [-0.25, -0.2) is 4.39 Å². The Morgan fingerprint density at radius 2 is 1.81 bits per heavy atom. The minimum absolute atomic E-state index is 0.0161. The highest BCUT2D eigenvalue weighted by Gasteiger charge is 2.44. The van der Waals surface area contributed by atoms with Gasteiger partial charge in [0.25, 0.3) is 0 Å². The van der Waals surface area contributed by atoms with E-state index in [2.05, 4.69) is 9.88 Å². The molecule has 1 aromatic heterocycles.